The van der Waals surface area contributed by atoms with E-state index in [9.17, 15) is 8.42 Å². The molecule has 2 aliphatic rings. The Balaban J connectivity index is 1.37. The summed E-state index contributed by atoms with van der Waals surface area (Å²) in [5.74, 6) is 0.496. The van der Waals surface area contributed by atoms with Crippen molar-refractivity contribution in [1.82, 2.24) is 14.7 Å². The molecule has 1 atom stereocenters. The number of anilines is 1. The van der Waals surface area contributed by atoms with Gasteiger partial charge >= 0.3 is 0 Å². The number of aryl methyl sites for hydroxylation is 1. The van der Waals surface area contributed by atoms with Crippen LogP contribution >= 0.6 is 0 Å². The van der Waals surface area contributed by atoms with Crippen molar-refractivity contribution in [1.29, 1.82) is 0 Å². The summed E-state index contributed by atoms with van der Waals surface area (Å²) in [6, 6.07) is 10.4. The van der Waals surface area contributed by atoms with E-state index in [4.69, 9.17) is 5.10 Å². The molecule has 156 valence electrons. The van der Waals surface area contributed by atoms with Gasteiger partial charge in [0, 0.05) is 32.7 Å². The lowest BCUT2D eigenvalue weighted by Crippen LogP contribution is -2.46. The van der Waals surface area contributed by atoms with Gasteiger partial charge in [0.25, 0.3) is 0 Å². The third-order valence-electron chi connectivity index (χ3n) is 6.00. The highest BCUT2D eigenvalue weighted by Crippen LogP contribution is 2.31. The fourth-order valence-electron chi connectivity index (χ4n) is 4.49. The highest BCUT2D eigenvalue weighted by atomic mass is 32.2. The normalized spacial score (nSPS) is 22.6. The number of piperazine rings is 1. The topological polar surface area (TPSA) is 58.4 Å². The molecule has 0 saturated carbocycles. The number of sulfone groups is 1. The molecule has 0 bridgehead atoms. The van der Waals surface area contributed by atoms with Crippen molar-refractivity contribution in [3.63, 3.8) is 0 Å². The van der Waals surface area contributed by atoms with E-state index in [0.717, 1.165) is 44.1 Å². The smallest absolute Gasteiger partial charge is 0.152 e. The van der Waals surface area contributed by atoms with Gasteiger partial charge < -0.3 is 4.90 Å². The van der Waals surface area contributed by atoms with Crippen molar-refractivity contribution in [2.24, 2.45) is 0 Å². The zero-order chi connectivity index (χ0) is 20.4. The van der Waals surface area contributed by atoms with Crippen molar-refractivity contribution in [3.05, 3.63) is 53.4 Å². The lowest BCUT2D eigenvalue weighted by Gasteiger charge is -2.35. The summed E-state index contributed by atoms with van der Waals surface area (Å²) in [4.78, 5) is 4.88. The van der Waals surface area contributed by atoms with Gasteiger partial charge in [-0.3, -0.25) is 9.58 Å². The van der Waals surface area contributed by atoms with E-state index in [-0.39, 0.29) is 17.5 Å². The molecule has 6 nitrogen and oxygen atoms in total. The highest BCUT2D eigenvalue weighted by Gasteiger charge is 2.32. The van der Waals surface area contributed by atoms with Crippen molar-refractivity contribution >= 4 is 21.6 Å². The monoisotopic (exact) mass is 414 g/mol. The average molecular weight is 415 g/mol. The largest absolute Gasteiger partial charge is 0.366 e. The maximum atomic E-state index is 11.9. The summed E-state index contributed by atoms with van der Waals surface area (Å²) in [5, 5.41) is 4.72. The van der Waals surface area contributed by atoms with Crippen molar-refractivity contribution in [2.75, 3.05) is 49.1 Å². The summed E-state index contributed by atoms with van der Waals surface area (Å²) in [7, 11) is -2.91. The fraction of sp³-hybridized carbons (Fsp3) is 0.500. The summed E-state index contributed by atoms with van der Waals surface area (Å²) in [6.07, 6.45) is 5.09. The Bertz CT molecular complexity index is 974. The molecule has 0 N–H and O–H groups in total. The maximum absolute atomic E-state index is 11.9. The van der Waals surface area contributed by atoms with Crippen LogP contribution in [0.25, 0.3) is 6.08 Å². The molecule has 1 aromatic heterocycles. The number of aromatic nitrogens is 2. The Hall–Kier alpha value is -2.12. The Labute approximate surface area is 173 Å². The van der Waals surface area contributed by atoms with Crippen LogP contribution < -0.4 is 4.90 Å². The molecule has 1 aromatic carbocycles. The first-order chi connectivity index (χ1) is 13.9. The quantitative estimate of drug-likeness (QED) is 0.753. The second-order valence-corrected chi connectivity index (χ2v) is 10.4. The Morgan fingerprint density at radius 2 is 1.83 bits per heavy atom. The lowest BCUT2D eigenvalue weighted by molar-refractivity contribution is 0.284. The molecule has 4 rings (SSSR count). The molecular weight excluding hydrogens is 384 g/mol. The SMILES string of the molecule is Cc1nn(C2CCS(=O)(=O)C2)c(C)c1N1CCN(C/C=C/c2ccccc2)CC1. The van der Waals surface area contributed by atoms with E-state index in [0.29, 0.717) is 6.42 Å². The molecule has 0 aliphatic carbocycles. The Morgan fingerprint density at radius 3 is 2.48 bits per heavy atom. The standard InChI is InChI=1S/C22H30N4O2S/c1-18-22(19(2)26(23-18)21-10-16-29(27,28)17-21)25-14-12-24(13-15-25)11-6-9-20-7-4-3-5-8-20/h3-9,21H,10-17H2,1-2H3/b9-6+. The number of hydrogen-bond donors (Lipinski definition) is 0. The molecule has 7 heteroatoms. The molecule has 3 heterocycles. The maximum Gasteiger partial charge on any atom is 0.152 e. The van der Waals surface area contributed by atoms with Crippen LogP contribution in [0, 0.1) is 13.8 Å². The van der Waals surface area contributed by atoms with Gasteiger partial charge in [-0.25, -0.2) is 8.42 Å². The molecular formula is C22H30N4O2S. The minimum absolute atomic E-state index is 0.0168. The first kappa shape index (κ1) is 20.2. The van der Waals surface area contributed by atoms with Gasteiger partial charge in [0.05, 0.1) is 34.6 Å². The molecule has 0 spiro atoms. The molecule has 29 heavy (non-hydrogen) atoms. The average Bonchev–Trinajstić information content (AvgIpc) is 3.21. The predicted molar refractivity (Wildman–Crippen MR) is 118 cm³/mol. The van der Waals surface area contributed by atoms with Gasteiger partial charge in [-0.1, -0.05) is 42.5 Å². The van der Waals surface area contributed by atoms with Crippen molar-refractivity contribution in [2.45, 2.75) is 26.3 Å². The van der Waals surface area contributed by atoms with E-state index in [1.807, 2.05) is 17.7 Å². The Morgan fingerprint density at radius 1 is 1.10 bits per heavy atom. The van der Waals surface area contributed by atoms with E-state index >= 15 is 0 Å². The molecule has 0 amide bonds. The molecule has 2 aromatic rings. The van der Waals surface area contributed by atoms with Gasteiger partial charge in [0.2, 0.25) is 0 Å². The summed E-state index contributed by atoms with van der Waals surface area (Å²) >= 11 is 0. The van der Waals surface area contributed by atoms with Crippen LogP contribution in [0.3, 0.4) is 0 Å². The minimum atomic E-state index is -2.91. The van der Waals surface area contributed by atoms with Crippen LogP contribution in [0.1, 0.15) is 29.4 Å². The summed E-state index contributed by atoms with van der Waals surface area (Å²) < 4.78 is 25.7. The van der Waals surface area contributed by atoms with Crippen LogP contribution in [0.2, 0.25) is 0 Å². The molecule has 1 unspecified atom stereocenters. The van der Waals surface area contributed by atoms with Crippen LogP contribution in [0.15, 0.2) is 36.4 Å². The lowest BCUT2D eigenvalue weighted by atomic mass is 10.2. The second kappa shape index (κ2) is 8.32. The van der Waals surface area contributed by atoms with E-state index in [1.54, 1.807) is 0 Å². The molecule has 0 radical (unpaired) electrons. The van der Waals surface area contributed by atoms with Crippen LogP contribution in [0.4, 0.5) is 5.69 Å². The predicted octanol–water partition coefficient (Wildman–Crippen LogP) is 2.69. The van der Waals surface area contributed by atoms with Crippen LogP contribution in [-0.2, 0) is 9.84 Å². The summed E-state index contributed by atoms with van der Waals surface area (Å²) in [5.41, 5.74) is 4.53. The molecule has 2 saturated heterocycles. The van der Waals surface area contributed by atoms with E-state index in [1.165, 1.54) is 11.3 Å². The number of benzene rings is 1. The Kier molecular flexibility index (Phi) is 5.79. The third-order valence-corrected chi connectivity index (χ3v) is 7.75. The minimum Gasteiger partial charge on any atom is -0.366 e. The number of rotatable bonds is 5. The molecule has 2 fully saturated rings. The second-order valence-electron chi connectivity index (χ2n) is 8.12. The van der Waals surface area contributed by atoms with Crippen molar-refractivity contribution < 1.29 is 8.42 Å². The van der Waals surface area contributed by atoms with Gasteiger partial charge in [-0.05, 0) is 25.8 Å². The highest BCUT2D eigenvalue weighted by molar-refractivity contribution is 7.91. The number of nitrogens with zero attached hydrogens (tertiary/aromatic N) is 4. The van der Waals surface area contributed by atoms with Gasteiger partial charge in [-0.2, -0.15) is 5.10 Å². The zero-order valence-electron chi connectivity index (χ0n) is 17.3. The van der Waals surface area contributed by atoms with Crippen LogP contribution in [0.5, 0.6) is 0 Å². The summed E-state index contributed by atoms with van der Waals surface area (Å²) in [6.45, 7) is 9.04. The van der Waals surface area contributed by atoms with E-state index in [2.05, 4.69) is 53.1 Å². The first-order valence-corrected chi connectivity index (χ1v) is 12.2. The van der Waals surface area contributed by atoms with Crippen LogP contribution in [-0.4, -0.2) is 67.3 Å². The zero-order valence-corrected chi connectivity index (χ0v) is 18.1. The van der Waals surface area contributed by atoms with Crippen molar-refractivity contribution in [3.8, 4) is 0 Å². The van der Waals surface area contributed by atoms with Gasteiger partial charge in [0.1, 0.15) is 0 Å². The number of hydrogen-bond acceptors (Lipinski definition) is 5. The van der Waals surface area contributed by atoms with Gasteiger partial charge in [0.15, 0.2) is 9.84 Å². The molecule has 2 aliphatic heterocycles. The van der Waals surface area contributed by atoms with Gasteiger partial charge in [-0.15, -0.1) is 0 Å². The van der Waals surface area contributed by atoms with E-state index < -0.39 is 9.84 Å². The fourth-order valence-corrected chi connectivity index (χ4v) is 6.18. The first-order valence-electron chi connectivity index (χ1n) is 10.4. The third kappa shape index (κ3) is 4.56.